The molecule has 2 bridgehead atoms. The number of nitrogens with one attached hydrogen (secondary N) is 1. The quantitative estimate of drug-likeness (QED) is 0.101. The number of ketones is 3. The van der Waals surface area contributed by atoms with Gasteiger partial charge in [-0.1, -0.05) is 71.1 Å². The van der Waals surface area contributed by atoms with Gasteiger partial charge in [-0.05, 0) is 114 Å². The Morgan fingerprint density at radius 3 is 2.18 bits per heavy atom. The Morgan fingerprint density at radius 2 is 1.51 bits per heavy atom. The third kappa shape index (κ3) is 18.4. The van der Waals surface area contributed by atoms with Crippen molar-refractivity contribution in [2.45, 2.75) is 194 Å². The number of rotatable bonds is 11. The number of alkyl carbamates (subject to hydrolysis) is 1. The first kappa shape index (κ1) is 70.0. The van der Waals surface area contributed by atoms with Gasteiger partial charge in [-0.3, -0.25) is 19.2 Å². The molecule has 5 N–H and O–H groups in total. The number of nitrogens with zero attached hydrogens (tertiary/aromatic N) is 7. The second-order valence-electron chi connectivity index (χ2n) is 25.4. The minimum absolute atomic E-state index is 0.00934. The van der Waals surface area contributed by atoms with Gasteiger partial charge < -0.3 is 64.4 Å². The number of Topliss-reactive ketones (excluding diaryl/α,β-unsaturated/α-hetero) is 3. The predicted molar refractivity (Wildman–Crippen MR) is 334 cm³/mol. The lowest BCUT2D eigenvalue weighted by molar-refractivity contribution is -0.265. The van der Waals surface area contributed by atoms with Crippen LogP contribution in [0.25, 0.3) is 0 Å². The normalized spacial score (nSPS) is 32.7. The van der Waals surface area contributed by atoms with Crippen molar-refractivity contribution in [2.75, 3.05) is 69.6 Å². The van der Waals surface area contributed by atoms with Gasteiger partial charge in [0, 0.05) is 121 Å². The summed E-state index contributed by atoms with van der Waals surface area (Å²) in [6, 6.07) is -1.20. The lowest BCUT2D eigenvalue weighted by atomic mass is 9.78. The van der Waals surface area contributed by atoms with Crippen molar-refractivity contribution in [3.63, 3.8) is 0 Å². The maximum absolute atomic E-state index is 14.7. The lowest BCUT2D eigenvalue weighted by Crippen LogP contribution is -2.61. The van der Waals surface area contributed by atoms with Crippen LogP contribution in [0.1, 0.15) is 137 Å². The zero-order chi connectivity index (χ0) is 64.7. The van der Waals surface area contributed by atoms with Gasteiger partial charge in [0.25, 0.3) is 11.7 Å². The Morgan fingerprint density at radius 1 is 0.809 bits per heavy atom. The molecule has 23 nitrogen and oxygen atoms in total. The molecule has 490 valence electrons. The number of amides is 2. The van der Waals surface area contributed by atoms with Crippen molar-refractivity contribution < 1.29 is 67.4 Å². The molecular weight excluding hydrogens is 1140 g/mol. The Labute approximate surface area is 524 Å². The van der Waals surface area contributed by atoms with Crippen LogP contribution in [0.2, 0.25) is 0 Å². The van der Waals surface area contributed by atoms with E-state index in [1.54, 1.807) is 66.6 Å². The Bertz CT molecular complexity index is 2880. The number of carbonyl (C=O) groups is 6. The second-order valence-corrected chi connectivity index (χ2v) is 25.4. The molecule has 2 amide bonds. The number of esters is 1. The Kier molecular flexibility index (Phi) is 25.5. The maximum Gasteiger partial charge on any atom is 0.407 e. The van der Waals surface area contributed by atoms with Gasteiger partial charge in [0.15, 0.2) is 5.78 Å². The molecule has 23 heteroatoms. The second kappa shape index (κ2) is 32.5. The fourth-order valence-corrected chi connectivity index (χ4v) is 12.9. The van der Waals surface area contributed by atoms with Crippen LogP contribution >= 0.6 is 0 Å². The number of aliphatic hydroxyl groups is 2. The zero-order valence-electron chi connectivity index (χ0n) is 54.0. The van der Waals surface area contributed by atoms with E-state index in [-0.39, 0.29) is 49.3 Å². The van der Waals surface area contributed by atoms with E-state index in [9.17, 15) is 39.0 Å². The molecule has 0 spiro atoms. The number of piperidine rings is 1. The molecule has 6 heterocycles. The highest BCUT2D eigenvalue weighted by Gasteiger charge is 2.53. The lowest BCUT2D eigenvalue weighted by Gasteiger charge is -2.42. The number of anilines is 3. The summed E-state index contributed by atoms with van der Waals surface area (Å²) in [6.45, 7) is 17.3. The van der Waals surface area contributed by atoms with E-state index in [4.69, 9.17) is 34.2 Å². The summed E-state index contributed by atoms with van der Waals surface area (Å²) in [4.78, 5) is 109. The highest BCUT2D eigenvalue weighted by molar-refractivity contribution is 6.39. The number of allylic oxidation sites excluding steroid dienone is 6. The van der Waals surface area contributed by atoms with Crippen LogP contribution in [-0.4, -0.2) is 179 Å². The number of fused-ring (bicyclic) bond motifs is 3. The third-order valence-corrected chi connectivity index (χ3v) is 18.7. The summed E-state index contributed by atoms with van der Waals surface area (Å²) in [7, 11) is 4.50. The molecule has 3 saturated heterocycles. The summed E-state index contributed by atoms with van der Waals surface area (Å²) in [5.74, 6) is -6.94. The summed E-state index contributed by atoms with van der Waals surface area (Å²) in [6.07, 6.45) is 14.6. The fraction of sp³-hybridized carbons (Fsp3) is 0.667. The number of nitrogens with two attached hydrogens (primary N) is 1. The SMILES string of the molecule is CO[C@H]1C[C@@H]2CC[C@@H](C)[C@@](O)(O2)C(=O)C(=O)N2CCCC[C@H]2C(=O)O[C@H]([C@H](C)C[C@@H]2CC[C@@H](OC(=O)NCc3cnc(N4CCN(c5ncc(C)c(N)n5)CC4)nc3)[C@H](OC)C2)CC(=O)[C@H](C)/C=C(\C)[C@@H](O)[C@@H](OC)C(=O)[C@H](C)C[C@H](C)/C=C/C=CC=C1C. The molecule has 4 fully saturated rings. The Hall–Kier alpha value is -6.50. The fourth-order valence-electron chi connectivity index (χ4n) is 12.9. The third-order valence-electron chi connectivity index (χ3n) is 18.7. The minimum atomic E-state index is -2.47. The van der Waals surface area contributed by atoms with Crippen molar-refractivity contribution in [3.8, 4) is 0 Å². The van der Waals surface area contributed by atoms with Crippen LogP contribution in [0.5, 0.6) is 0 Å². The van der Waals surface area contributed by atoms with E-state index < -0.39 is 102 Å². The minimum Gasteiger partial charge on any atom is -0.460 e. The molecule has 1 saturated carbocycles. The molecule has 2 aromatic rings. The van der Waals surface area contributed by atoms with Crippen LogP contribution in [0.4, 0.5) is 22.5 Å². The van der Waals surface area contributed by atoms with Crippen LogP contribution in [0.15, 0.2) is 66.2 Å². The molecule has 89 heavy (non-hydrogen) atoms. The first-order chi connectivity index (χ1) is 42.4. The van der Waals surface area contributed by atoms with Crippen molar-refractivity contribution in [1.82, 2.24) is 30.2 Å². The first-order valence-electron chi connectivity index (χ1n) is 31.8. The highest BCUT2D eigenvalue weighted by atomic mass is 16.6. The predicted octanol–water partition coefficient (Wildman–Crippen LogP) is 6.91. The molecular formula is C66H97N9O14. The van der Waals surface area contributed by atoms with E-state index in [0.717, 1.165) is 11.1 Å². The van der Waals surface area contributed by atoms with Crippen LogP contribution < -0.4 is 20.9 Å². The topological polar surface area (TPSA) is 298 Å². The summed E-state index contributed by atoms with van der Waals surface area (Å²) < 4.78 is 36.0. The van der Waals surface area contributed by atoms with Gasteiger partial charge in [-0.2, -0.15) is 4.98 Å². The van der Waals surface area contributed by atoms with Crippen molar-refractivity contribution in [1.29, 1.82) is 0 Å². The number of hydrogen-bond acceptors (Lipinski definition) is 21. The number of aromatic nitrogens is 4. The van der Waals surface area contributed by atoms with Crippen molar-refractivity contribution in [3.05, 3.63) is 77.3 Å². The number of aryl methyl sites for hydroxylation is 1. The highest BCUT2D eigenvalue weighted by Crippen LogP contribution is 2.38. The van der Waals surface area contributed by atoms with Gasteiger partial charge in [-0.25, -0.2) is 24.5 Å². The number of piperazine rings is 1. The number of hydrogen-bond donors (Lipinski definition) is 4. The van der Waals surface area contributed by atoms with Gasteiger partial charge in [-0.15, -0.1) is 0 Å². The molecule has 15 atom stereocenters. The van der Waals surface area contributed by atoms with Crippen LogP contribution in [0.3, 0.4) is 0 Å². The number of aliphatic hydroxyl groups excluding tert-OH is 1. The van der Waals surface area contributed by atoms with E-state index in [2.05, 4.69) is 35.1 Å². The average molecular weight is 1240 g/mol. The number of methoxy groups -OCH3 is 3. The molecule has 2 aromatic heterocycles. The van der Waals surface area contributed by atoms with E-state index in [0.29, 0.717) is 119 Å². The standard InChI is InChI=1S/C66H97N9O14/c1-39-17-13-12-14-18-40(2)53(84-9)33-49-22-20-46(8)66(83,89-49)59(79)61(80)75-24-16-15-19-50(75)62(81)87-54(34-51(76)41(3)30-44(6)57(78)58(86-11)56(77)43(5)29-39)42(4)31-47-21-23-52(55(32-47)85-10)88-65(82)71-38-48-36-69-63(70-37-48)73-25-27-74(28-26-73)64-68-35-45(7)60(67)72-64/h12-14,17-18,30,35-37,39,41-43,46-47,49-50,52-55,57-58,78,83H,15-16,19-29,31-34,38H2,1-11H3,(H,71,82)(H2,67,68,72)/b14-12?,17-13+,40-18?,44-30+/t39-,41-,42-,43-,46-,47+,49+,50+,52-,53+,54+,55-,57-,58+,66-/m1/s1. The van der Waals surface area contributed by atoms with Crippen LogP contribution in [0, 0.1) is 42.4 Å². The molecule has 0 radical (unpaired) electrons. The first-order valence-corrected chi connectivity index (χ1v) is 31.8. The molecule has 0 unspecified atom stereocenters. The summed E-state index contributed by atoms with van der Waals surface area (Å²) >= 11 is 0. The zero-order valence-corrected chi connectivity index (χ0v) is 54.0. The monoisotopic (exact) mass is 1240 g/mol. The van der Waals surface area contributed by atoms with E-state index >= 15 is 0 Å². The van der Waals surface area contributed by atoms with Gasteiger partial charge in [0.05, 0.1) is 18.3 Å². The van der Waals surface area contributed by atoms with Gasteiger partial charge >= 0.3 is 12.1 Å². The van der Waals surface area contributed by atoms with Crippen molar-refractivity contribution in [2.24, 2.45) is 35.5 Å². The van der Waals surface area contributed by atoms with Gasteiger partial charge in [0.1, 0.15) is 42.1 Å². The number of cyclic esters (lactones) is 1. The molecule has 0 aromatic carbocycles. The van der Waals surface area contributed by atoms with E-state index in [1.807, 2.05) is 58.1 Å². The number of carbonyl (C=O) groups excluding carboxylic acids is 6. The summed E-state index contributed by atoms with van der Waals surface area (Å²) in [5.41, 5.74) is 8.75. The average Bonchev–Trinajstić information content (AvgIpc) is 3.24. The summed E-state index contributed by atoms with van der Waals surface area (Å²) in [5, 5.41) is 26.5. The number of ether oxygens (including phenoxy) is 6. The van der Waals surface area contributed by atoms with Gasteiger partial charge in [0.2, 0.25) is 17.7 Å². The smallest absolute Gasteiger partial charge is 0.407 e. The maximum atomic E-state index is 14.7. The molecule has 5 aliphatic rings. The van der Waals surface area contributed by atoms with E-state index in [1.165, 1.54) is 12.0 Å². The molecule has 7 rings (SSSR count). The molecule has 4 aliphatic heterocycles. The van der Waals surface area contributed by atoms with Crippen LogP contribution in [-0.2, 0) is 58.9 Å². The number of nitrogen functional groups attached to an aromatic ring is 1. The largest absolute Gasteiger partial charge is 0.460 e. The molecule has 1 aliphatic carbocycles. The van der Waals surface area contributed by atoms with Crippen molar-refractivity contribution >= 4 is 53.0 Å². The Balaban J connectivity index is 1.04.